The number of carbonyl (C=O) groups is 1. The fourth-order valence-corrected chi connectivity index (χ4v) is 3.83. The van der Waals surface area contributed by atoms with Crippen LogP contribution in [0.2, 0.25) is 9.10 Å². The molecule has 20 heavy (non-hydrogen) atoms. The first kappa shape index (κ1) is 22.3. The number of esters is 1. The summed E-state index contributed by atoms with van der Waals surface area (Å²) in [6, 6.07) is 0. The van der Waals surface area contributed by atoms with Gasteiger partial charge in [0.2, 0.25) is 0 Å². The lowest BCUT2D eigenvalue weighted by Crippen LogP contribution is -2.03. The number of hydrogen-bond donors (Lipinski definition) is 0. The van der Waals surface area contributed by atoms with Crippen molar-refractivity contribution in [1.29, 1.82) is 0 Å². The molecule has 0 saturated carbocycles. The van der Waals surface area contributed by atoms with Gasteiger partial charge in [0.1, 0.15) is 6.61 Å². The molecule has 0 heterocycles. The molecule has 116 valence electrons. The molecule has 0 aromatic carbocycles. The van der Waals surface area contributed by atoms with Gasteiger partial charge < -0.3 is 4.74 Å². The highest BCUT2D eigenvalue weighted by molar-refractivity contribution is 6.35. The molecule has 3 heteroatoms. The minimum atomic E-state index is -0.113. The lowest BCUT2D eigenvalue weighted by Gasteiger charge is -1.99. The normalized spacial score (nSPS) is 9.15. The van der Waals surface area contributed by atoms with Gasteiger partial charge in [-0.15, -0.1) is 9.10 Å². The van der Waals surface area contributed by atoms with Crippen LogP contribution in [-0.4, -0.2) is 32.9 Å². The molecule has 0 aromatic heterocycles. The summed E-state index contributed by atoms with van der Waals surface area (Å²) in [6.07, 6.45) is 11.1. The summed E-state index contributed by atoms with van der Waals surface area (Å²) in [7, 11) is 0. The molecule has 2 nitrogen and oxygen atoms in total. The first-order chi connectivity index (χ1) is 9.72. The first-order valence-corrected chi connectivity index (χ1v) is 10.5. The van der Waals surface area contributed by atoms with Gasteiger partial charge in [-0.3, -0.25) is 4.79 Å². The summed E-state index contributed by atoms with van der Waals surface area (Å²) in [5.41, 5.74) is 0. The Balaban J connectivity index is 0. The molecule has 0 spiro atoms. The Hall–Kier alpha value is -0.0238. The molecular formula is C17H34MgO2. The maximum Gasteiger partial charge on any atom is 0.364 e. The number of carbonyl (C=O) groups excluding carboxylic acids is 1. The van der Waals surface area contributed by atoms with E-state index in [4.69, 9.17) is 4.74 Å². The van der Waals surface area contributed by atoms with Crippen LogP contribution in [0.3, 0.4) is 0 Å². The van der Waals surface area contributed by atoms with Gasteiger partial charge >= 0.3 is 26.3 Å². The van der Waals surface area contributed by atoms with Crippen molar-refractivity contribution < 1.29 is 9.53 Å². The van der Waals surface area contributed by atoms with Crippen molar-refractivity contribution in [3.8, 4) is 0 Å². The lowest BCUT2D eigenvalue weighted by molar-refractivity contribution is -0.142. The van der Waals surface area contributed by atoms with Crippen LogP contribution in [0.25, 0.3) is 0 Å². The lowest BCUT2D eigenvalue weighted by atomic mass is 10.2. The van der Waals surface area contributed by atoms with Gasteiger partial charge in [0, 0.05) is 6.42 Å². The number of ether oxygens (including phenoxy) is 1. The third-order valence-electron chi connectivity index (χ3n) is 3.05. The molecule has 0 aliphatic heterocycles. The molecule has 0 aromatic rings. The highest BCUT2D eigenvalue weighted by atomic mass is 24.5. The monoisotopic (exact) mass is 294 g/mol. The van der Waals surface area contributed by atoms with E-state index in [9.17, 15) is 4.79 Å². The molecule has 0 aliphatic carbocycles. The molecule has 0 amide bonds. The Morgan fingerprint density at radius 3 is 2.00 bits per heavy atom. The van der Waals surface area contributed by atoms with E-state index in [1.165, 1.54) is 25.7 Å². The van der Waals surface area contributed by atoms with Crippen molar-refractivity contribution in [2.45, 2.75) is 81.2 Å². The summed E-state index contributed by atoms with van der Waals surface area (Å²) in [4.78, 5) is 10.8. The summed E-state index contributed by atoms with van der Waals surface area (Å²) in [6.45, 7) is 10.5. The van der Waals surface area contributed by atoms with Crippen molar-refractivity contribution in [3.05, 3.63) is 12.7 Å². The van der Waals surface area contributed by atoms with Gasteiger partial charge in [-0.1, -0.05) is 72.0 Å². The third kappa shape index (κ3) is 23.1. The predicted octanol–water partition coefficient (Wildman–Crippen LogP) is 5.42. The summed E-state index contributed by atoms with van der Waals surface area (Å²) >= 11 is 0.389. The molecular weight excluding hydrogens is 260 g/mol. The van der Waals surface area contributed by atoms with E-state index in [1.807, 2.05) is 0 Å². The Morgan fingerprint density at radius 1 is 1.00 bits per heavy atom. The Labute approximate surface area is 136 Å². The molecule has 0 atom stereocenters. The van der Waals surface area contributed by atoms with Crippen molar-refractivity contribution in [2.75, 3.05) is 6.61 Å². The molecule has 0 saturated heterocycles. The van der Waals surface area contributed by atoms with Gasteiger partial charge in [0.25, 0.3) is 0 Å². The van der Waals surface area contributed by atoms with E-state index in [1.54, 1.807) is 15.2 Å². The van der Waals surface area contributed by atoms with E-state index in [0.29, 0.717) is 33.4 Å². The van der Waals surface area contributed by atoms with Crippen LogP contribution < -0.4 is 0 Å². The molecule has 0 radical (unpaired) electrons. The Morgan fingerprint density at radius 2 is 1.55 bits per heavy atom. The Kier molecular flexibility index (Phi) is 23.7. The van der Waals surface area contributed by atoms with Crippen molar-refractivity contribution in [1.82, 2.24) is 0 Å². The zero-order chi connectivity index (χ0) is 15.5. The molecule has 0 rings (SSSR count). The van der Waals surface area contributed by atoms with Gasteiger partial charge in [0.05, 0.1) is 0 Å². The average Bonchev–Trinajstić information content (AvgIpc) is 2.46. The third-order valence-corrected chi connectivity index (χ3v) is 5.05. The molecule has 0 bridgehead atoms. The van der Waals surface area contributed by atoms with E-state index in [-0.39, 0.29) is 5.97 Å². The van der Waals surface area contributed by atoms with Crippen LogP contribution in [0.5, 0.6) is 0 Å². The largest absolute Gasteiger partial charge is 0.461 e. The van der Waals surface area contributed by atoms with Gasteiger partial charge in [-0.05, 0) is 6.42 Å². The number of rotatable bonds is 12. The van der Waals surface area contributed by atoms with Gasteiger partial charge in [-0.2, -0.15) is 0 Å². The zero-order valence-electron chi connectivity index (χ0n) is 14.1. The van der Waals surface area contributed by atoms with Crippen LogP contribution in [0.15, 0.2) is 12.7 Å². The average molecular weight is 295 g/mol. The maximum absolute atomic E-state index is 10.8. The molecule has 0 N–H and O–H groups in total. The van der Waals surface area contributed by atoms with Gasteiger partial charge in [-0.25, -0.2) is 0 Å². The second-order valence-corrected chi connectivity index (χ2v) is 7.32. The van der Waals surface area contributed by atoms with E-state index < -0.39 is 0 Å². The quantitative estimate of drug-likeness (QED) is 0.208. The second kappa shape index (κ2) is 21.3. The van der Waals surface area contributed by atoms with E-state index in [0.717, 1.165) is 19.3 Å². The van der Waals surface area contributed by atoms with Crippen LogP contribution in [-0.2, 0) is 9.53 Å². The topological polar surface area (TPSA) is 26.3 Å². The Bertz CT molecular complexity index is 199. The van der Waals surface area contributed by atoms with Crippen LogP contribution in [0.4, 0.5) is 0 Å². The first-order valence-electron chi connectivity index (χ1n) is 8.49. The molecule has 0 aliphatic rings. The summed E-state index contributed by atoms with van der Waals surface area (Å²) in [5, 5.41) is 0. The predicted molar refractivity (Wildman–Crippen MR) is 90.5 cm³/mol. The van der Waals surface area contributed by atoms with Crippen LogP contribution in [0.1, 0.15) is 72.1 Å². The fourth-order valence-electron chi connectivity index (χ4n) is 1.77. The van der Waals surface area contributed by atoms with Crippen LogP contribution >= 0.6 is 0 Å². The van der Waals surface area contributed by atoms with Crippen LogP contribution in [0, 0.1) is 0 Å². The van der Waals surface area contributed by atoms with E-state index in [2.05, 4.69) is 27.4 Å². The minimum absolute atomic E-state index is 0.113. The SMILES string of the molecule is C=CCOC(=O)CCCCC.CCC[CH2][Mg][CH2]CCC. The molecule has 0 fully saturated rings. The minimum Gasteiger partial charge on any atom is -0.461 e. The smallest absolute Gasteiger partial charge is 0.364 e. The summed E-state index contributed by atoms with van der Waals surface area (Å²) in [5.74, 6) is -0.113. The van der Waals surface area contributed by atoms with Crippen molar-refractivity contribution in [3.63, 3.8) is 0 Å². The fraction of sp³-hybridized carbons (Fsp3) is 0.824. The zero-order valence-corrected chi connectivity index (χ0v) is 15.5. The summed E-state index contributed by atoms with van der Waals surface area (Å²) < 4.78 is 7.97. The second-order valence-electron chi connectivity index (χ2n) is 5.20. The van der Waals surface area contributed by atoms with E-state index >= 15 is 0 Å². The number of unbranched alkanes of at least 4 members (excludes halogenated alkanes) is 4. The van der Waals surface area contributed by atoms with Gasteiger partial charge in [0.15, 0.2) is 0 Å². The highest BCUT2D eigenvalue weighted by Crippen LogP contribution is 2.00. The standard InChI is InChI=1S/C9H16O2.2C4H9.Mg/c1-3-5-6-7-9(10)11-8-4-2;2*1-3-4-2;/h4H,2-3,5-8H2,1H3;2*1,3-4H2,2H3;. The molecule has 0 unspecified atom stereocenters. The van der Waals surface area contributed by atoms with Crippen molar-refractivity contribution in [2.24, 2.45) is 0 Å². The number of hydrogen-bond acceptors (Lipinski definition) is 2. The highest BCUT2D eigenvalue weighted by Gasteiger charge is 1.99. The van der Waals surface area contributed by atoms with Crippen molar-refractivity contribution >= 4 is 26.3 Å². The maximum atomic E-state index is 10.8.